The van der Waals surface area contributed by atoms with E-state index in [0.29, 0.717) is 3.57 Å². The number of aromatic nitrogens is 2. The van der Waals surface area contributed by atoms with Gasteiger partial charge in [-0.2, -0.15) is 13.2 Å². The molecule has 0 spiro atoms. The number of nitrogens with zero attached hydrogens (tertiary/aromatic N) is 2. The van der Waals surface area contributed by atoms with Crippen molar-refractivity contribution in [3.8, 4) is 0 Å². The van der Waals surface area contributed by atoms with Crippen LogP contribution >= 0.6 is 34.2 Å². The van der Waals surface area contributed by atoms with Crippen LogP contribution in [0.25, 0.3) is 10.9 Å². The van der Waals surface area contributed by atoms with Crippen LogP contribution in [0.15, 0.2) is 12.1 Å². The summed E-state index contributed by atoms with van der Waals surface area (Å²) in [7, 11) is 0. The molecule has 0 unspecified atom stereocenters. The molecule has 1 aromatic heterocycles. The Labute approximate surface area is 113 Å². The standard InChI is InChI=1S/C10H5ClF3IN2/c1-4-16-8-6(9(11)17-4)2-5(15)3-7(8)10(12,13)14/h2-3H,1H3. The minimum absolute atomic E-state index is 0.0384. The average molecular weight is 373 g/mol. The largest absolute Gasteiger partial charge is 0.418 e. The van der Waals surface area contributed by atoms with Crippen molar-refractivity contribution >= 4 is 45.1 Å². The number of benzene rings is 1. The van der Waals surface area contributed by atoms with E-state index in [1.54, 1.807) is 22.6 Å². The highest BCUT2D eigenvalue weighted by molar-refractivity contribution is 14.1. The van der Waals surface area contributed by atoms with E-state index < -0.39 is 11.7 Å². The number of alkyl halides is 3. The Hall–Kier alpha value is -0.630. The van der Waals surface area contributed by atoms with Gasteiger partial charge in [-0.1, -0.05) is 11.6 Å². The van der Waals surface area contributed by atoms with E-state index in [9.17, 15) is 13.2 Å². The summed E-state index contributed by atoms with van der Waals surface area (Å²) in [6, 6.07) is 2.58. The first-order valence-electron chi connectivity index (χ1n) is 4.49. The number of fused-ring (bicyclic) bond motifs is 1. The van der Waals surface area contributed by atoms with E-state index in [4.69, 9.17) is 11.6 Å². The molecule has 1 heterocycles. The van der Waals surface area contributed by atoms with Gasteiger partial charge in [0.25, 0.3) is 0 Å². The molecule has 7 heteroatoms. The van der Waals surface area contributed by atoms with Crippen LogP contribution in [0.4, 0.5) is 13.2 Å². The number of rotatable bonds is 0. The zero-order valence-electron chi connectivity index (χ0n) is 8.44. The van der Waals surface area contributed by atoms with Crippen molar-refractivity contribution in [2.24, 2.45) is 0 Å². The summed E-state index contributed by atoms with van der Waals surface area (Å²) in [5.74, 6) is 0.217. The molecule has 0 saturated carbocycles. The van der Waals surface area contributed by atoms with Crippen molar-refractivity contribution in [1.82, 2.24) is 9.97 Å². The van der Waals surface area contributed by atoms with Crippen molar-refractivity contribution in [3.63, 3.8) is 0 Å². The Morgan fingerprint density at radius 3 is 2.47 bits per heavy atom. The van der Waals surface area contributed by atoms with Gasteiger partial charge >= 0.3 is 6.18 Å². The molecule has 0 atom stereocenters. The first-order chi connectivity index (χ1) is 7.79. The molecule has 0 amide bonds. The molecule has 2 rings (SSSR count). The third-order valence-electron chi connectivity index (χ3n) is 2.14. The molecule has 0 bridgehead atoms. The minimum Gasteiger partial charge on any atom is -0.232 e. The van der Waals surface area contributed by atoms with Gasteiger partial charge in [0.05, 0.1) is 11.1 Å². The van der Waals surface area contributed by atoms with Gasteiger partial charge in [-0.15, -0.1) is 0 Å². The lowest BCUT2D eigenvalue weighted by molar-refractivity contribution is -0.136. The monoisotopic (exact) mass is 372 g/mol. The van der Waals surface area contributed by atoms with E-state index in [1.165, 1.54) is 13.0 Å². The lowest BCUT2D eigenvalue weighted by atomic mass is 10.1. The van der Waals surface area contributed by atoms with Gasteiger partial charge in [0, 0.05) is 8.96 Å². The Bertz CT molecular complexity index is 598. The number of aryl methyl sites for hydroxylation is 1. The molecule has 0 saturated heterocycles. The number of hydrogen-bond donors (Lipinski definition) is 0. The van der Waals surface area contributed by atoms with Crippen LogP contribution in [0.2, 0.25) is 5.15 Å². The van der Waals surface area contributed by atoms with Crippen molar-refractivity contribution in [2.45, 2.75) is 13.1 Å². The minimum atomic E-state index is -4.45. The van der Waals surface area contributed by atoms with Crippen LogP contribution in [-0.2, 0) is 6.18 Å². The Kier molecular flexibility index (Phi) is 3.19. The maximum absolute atomic E-state index is 12.9. The summed E-state index contributed by atoms with van der Waals surface area (Å²) < 4.78 is 39.0. The van der Waals surface area contributed by atoms with Crippen LogP contribution in [-0.4, -0.2) is 9.97 Å². The highest BCUT2D eigenvalue weighted by Crippen LogP contribution is 2.36. The van der Waals surface area contributed by atoms with E-state index in [-0.39, 0.29) is 21.9 Å². The van der Waals surface area contributed by atoms with Crippen molar-refractivity contribution in [3.05, 3.63) is 32.2 Å². The zero-order valence-corrected chi connectivity index (χ0v) is 11.4. The van der Waals surface area contributed by atoms with E-state index in [2.05, 4.69) is 9.97 Å². The first-order valence-corrected chi connectivity index (χ1v) is 5.95. The maximum Gasteiger partial charge on any atom is 0.418 e. The summed E-state index contributed by atoms with van der Waals surface area (Å²) in [6.45, 7) is 1.50. The quantitative estimate of drug-likeness (QED) is 0.511. The molecule has 0 aliphatic rings. The normalized spacial score (nSPS) is 12.1. The van der Waals surface area contributed by atoms with E-state index in [1.807, 2.05) is 0 Å². The molecule has 0 aliphatic carbocycles. The molecule has 17 heavy (non-hydrogen) atoms. The van der Waals surface area contributed by atoms with Crippen LogP contribution in [0.5, 0.6) is 0 Å². The summed E-state index contributed by atoms with van der Waals surface area (Å²) in [6.07, 6.45) is -4.45. The van der Waals surface area contributed by atoms with Crippen LogP contribution in [0.3, 0.4) is 0 Å². The van der Waals surface area contributed by atoms with Crippen molar-refractivity contribution in [1.29, 1.82) is 0 Å². The fourth-order valence-corrected chi connectivity index (χ4v) is 2.37. The second-order valence-corrected chi connectivity index (χ2v) is 5.01. The molecule has 0 radical (unpaired) electrons. The number of hydrogen-bond acceptors (Lipinski definition) is 2. The SMILES string of the molecule is Cc1nc(Cl)c2cc(I)cc(C(F)(F)F)c2n1. The molecule has 0 aliphatic heterocycles. The summed E-state index contributed by atoms with van der Waals surface area (Å²) in [5.41, 5.74) is -0.942. The van der Waals surface area contributed by atoms with Gasteiger partial charge in [-0.3, -0.25) is 0 Å². The van der Waals surface area contributed by atoms with Crippen molar-refractivity contribution in [2.75, 3.05) is 0 Å². The van der Waals surface area contributed by atoms with Crippen LogP contribution in [0.1, 0.15) is 11.4 Å². The predicted octanol–water partition coefficient (Wildman–Crippen LogP) is 4.22. The predicted molar refractivity (Wildman–Crippen MR) is 67.0 cm³/mol. The molecule has 1 aromatic carbocycles. The highest BCUT2D eigenvalue weighted by Gasteiger charge is 2.34. The fourth-order valence-electron chi connectivity index (χ4n) is 1.48. The van der Waals surface area contributed by atoms with Gasteiger partial charge in [-0.25, -0.2) is 9.97 Å². The topological polar surface area (TPSA) is 25.8 Å². The highest BCUT2D eigenvalue weighted by atomic mass is 127. The molecular weight excluding hydrogens is 367 g/mol. The second kappa shape index (κ2) is 4.24. The maximum atomic E-state index is 12.9. The van der Waals surface area contributed by atoms with Crippen LogP contribution in [0, 0.1) is 10.5 Å². The zero-order chi connectivity index (χ0) is 12.8. The molecular formula is C10H5ClF3IN2. The molecule has 90 valence electrons. The molecule has 2 nitrogen and oxygen atoms in total. The summed E-state index contributed by atoms with van der Waals surface area (Å²) in [4.78, 5) is 7.67. The van der Waals surface area contributed by atoms with Gasteiger partial charge < -0.3 is 0 Å². The third-order valence-corrected chi connectivity index (χ3v) is 3.05. The van der Waals surface area contributed by atoms with Gasteiger partial charge in [0.1, 0.15) is 11.0 Å². The lowest BCUT2D eigenvalue weighted by Crippen LogP contribution is -2.08. The number of halogens is 5. The smallest absolute Gasteiger partial charge is 0.232 e. The molecule has 0 fully saturated rings. The lowest BCUT2D eigenvalue weighted by Gasteiger charge is -2.11. The van der Waals surface area contributed by atoms with E-state index >= 15 is 0 Å². The summed E-state index contributed by atoms with van der Waals surface area (Å²) >= 11 is 7.64. The average Bonchev–Trinajstić information content (AvgIpc) is 2.16. The fraction of sp³-hybridized carbons (Fsp3) is 0.200. The van der Waals surface area contributed by atoms with Crippen LogP contribution < -0.4 is 0 Å². The molecule has 2 aromatic rings. The molecule has 0 N–H and O–H groups in total. The van der Waals surface area contributed by atoms with Crippen molar-refractivity contribution < 1.29 is 13.2 Å². The Balaban J connectivity index is 2.93. The van der Waals surface area contributed by atoms with Gasteiger partial charge in [0.2, 0.25) is 0 Å². The van der Waals surface area contributed by atoms with Gasteiger partial charge in [-0.05, 0) is 41.6 Å². The van der Waals surface area contributed by atoms with Gasteiger partial charge in [0.15, 0.2) is 0 Å². The summed E-state index contributed by atoms with van der Waals surface area (Å²) in [5, 5.41) is 0.257. The van der Waals surface area contributed by atoms with E-state index in [0.717, 1.165) is 6.07 Å². The Morgan fingerprint density at radius 2 is 1.88 bits per heavy atom. The Morgan fingerprint density at radius 1 is 1.24 bits per heavy atom. The third kappa shape index (κ3) is 2.47. The second-order valence-electron chi connectivity index (χ2n) is 3.41. The first kappa shape index (κ1) is 12.8.